The molecular formula is C16H15FN6S. The summed E-state index contributed by atoms with van der Waals surface area (Å²) in [6.07, 6.45) is 5.57. The Morgan fingerprint density at radius 3 is 2.71 bits per heavy atom. The molecule has 0 saturated heterocycles. The van der Waals surface area contributed by atoms with Gasteiger partial charge in [-0.3, -0.25) is 0 Å². The van der Waals surface area contributed by atoms with Gasteiger partial charge in [0.2, 0.25) is 10.1 Å². The second kappa shape index (κ2) is 5.72. The Morgan fingerprint density at radius 1 is 1.25 bits per heavy atom. The summed E-state index contributed by atoms with van der Waals surface area (Å²) in [5.74, 6) is 0.716. The molecule has 0 atom stereocenters. The van der Waals surface area contributed by atoms with E-state index < -0.39 is 0 Å². The number of benzene rings is 1. The molecule has 24 heavy (non-hydrogen) atoms. The molecule has 0 fully saturated rings. The van der Waals surface area contributed by atoms with E-state index in [-0.39, 0.29) is 5.82 Å². The monoisotopic (exact) mass is 342 g/mol. The number of aryl methyl sites for hydroxylation is 1. The Labute approximate surface area is 141 Å². The SMILES string of the molecule is CN(Cc1nccn1C)c1nn2cc(-c3ccc(F)cc3)nc2s1. The first-order valence-corrected chi connectivity index (χ1v) is 8.21. The van der Waals surface area contributed by atoms with Crippen LogP contribution in [0.4, 0.5) is 9.52 Å². The van der Waals surface area contributed by atoms with Crippen molar-refractivity contribution >= 4 is 21.4 Å². The zero-order valence-electron chi connectivity index (χ0n) is 13.2. The summed E-state index contributed by atoms with van der Waals surface area (Å²) in [4.78, 5) is 11.8. The summed E-state index contributed by atoms with van der Waals surface area (Å²) in [6, 6.07) is 6.30. The van der Waals surface area contributed by atoms with Gasteiger partial charge in [0.05, 0.1) is 18.4 Å². The molecule has 3 heterocycles. The normalized spacial score (nSPS) is 11.3. The van der Waals surface area contributed by atoms with Gasteiger partial charge < -0.3 is 9.47 Å². The van der Waals surface area contributed by atoms with E-state index in [2.05, 4.69) is 15.1 Å². The molecule has 0 radical (unpaired) electrons. The van der Waals surface area contributed by atoms with E-state index in [0.29, 0.717) is 6.54 Å². The molecule has 122 valence electrons. The predicted octanol–water partition coefficient (Wildman–Crippen LogP) is 2.97. The first-order chi connectivity index (χ1) is 11.6. The lowest BCUT2D eigenvalue weighted by molar-refractivity contribution is 0.628. The van der Waals surface area contributed by atoms with Gasteiger partial charge in [0.1, 0.15) is 11.6 Å². The highest BCUT2D eigenvalue weighted by Gasteiger charge is 2.14. The Hall–Kier alpha value is -2.74. The van der Waals surface area contributed by atoms with Crippen LogP contribution >= 0.6 is 11.3 Å². The minimum Gasteiger partial charge on any atom is -0.342 e. The highest BCUT2D eigenvalue weighted by atomic mass is 32.1. The number of imidazole rings is 2. The lowest BCUT2D eigenvalue weighted by Gasteiger charge is -2.14. The lowest BCUT2D eigenvalue weighted by Crippen LogP contribution is -2.18. The van der Waals surface area contributed by atoms with Crippen LogP contribution in [0.5, 0.6) is 0 Å². The third-order valence-electron chi connectivity index (χ3n) is 3.80. The maximum absolute atomic E-state index is 13.0. The van der Waals surface area contributed by atoms with E-state index in [4.69, 9.17) is 0 Å². The van der Waals surface area contributed by atoms with Crippen molar-refractivity contribution in [1.29, 1.82) is 0 Å². The quantitative estimate of drug-likeness (QED) is 0.572. The summed E-state index contributed by atoms with van der Waals surface area (Å²) < 4.78 is 16.8. The molecule has 4 aromatic rings. The zero-order chi connectivity index (χ0) is 16.7. The lowest BCUT2D eigenvalue weighted by atomic mass is 10.2. The Kier molecular flexibility index (Phi) is 3.53. The van der Waals surface area contributed by atoms with E-state index >= 15 is 0 Å². The van der Waals surface area contributed by atoms with Gasteiger partial charge >= 0.3 is 0 Å². The molecule has 0 unspecified atom stereocenters. The first-order valence-electron chi connectivity index (χ1n) is 7.39. The highest BCUT2D eigenvalue weighted by Crippen LogP contribution is 2.26. The standard InChI is InChI=1S/C16H15FN6S/c1-21-8-7-18-14(21)10-22(2)16-20-23-9-13(19-15(23)24-16)11-3-5-12(17)6-4-11/h3-9H,10H2,1-2H3. The average Bonchev–Trinajstić information content (AvgIpc) is 3.23. The van der Waals surface area contributed by atoms with E-state index in [1.54, 1.807) is 22.8 Å². The van der Waals surface area contributed by atoms with Crippen molar-refractivity contribution in [2.75, 3.05) is 11.9 Å². The molecule has 6 nitrogen and oxygen atoms in total. The van der Waals surface area contributed by atoms with Gasteiger partial charge in [-0.2, -0.15) is 0 Å². The molecule has 0 amide bonds. The van der Waals surface area contributed by atoms with Crippen molar-refractivity contribution in [2.24, 2.45) is 7.05 Å². The minimum atomic E-state index is -0.254. The number of nitrogens with zero attached hydrogens (tertiary/aromatic N) is 6. The van der Waals surface area contributed by atoms with Gasteiger partial charge in [-0.05, 0) is 24.3 Å². The minimum absolute atomic E-state index is 0.254. The molecule has 0 spiro atoms. The van der Waals surface area contributed by atoms with Crippen LogP contribution in [0.2, 0.25) is 0 Å². The Balaban J connectivity index is 1.59. The molecule has 4 rings (SSSR count). The van der Waals surface area contributed by atoms with Crippen molar-refractivity contribution < 1.29 is 4.39 Å². The Bertz CT molecular complexity index is 952. The second-order valence-corrected chi connectivity index (χ2v) is 6.49. The van der Waals surface area contributed by atoms with Gasteiger partial charge in [-0.15, -0.1) is 5.10 Å². The average molecular weight is 342 g/mol. The predicted molar refractivity (Wildman–Crippen MR) is 91.6 cm³/mol. The molecule has 8 heteroatoms. The topological polar surface area (TPSA) is 51.2 Å². The molecule has 0 aliphatic carbocycles. The molecule has 0 bridgehead atoms. The van der Waals surface area contributed by atoms with Gasteiger partial charge in [0.25, 0.3) is 0 Å². The van der Waals surface area contributed by atoms with Crippen molar-refractivity contribution in [3.05, 3.63) is 54.5 Å². The summed E-state index contributed by atoms with van der Waals surface area (Å²) in [5, 5.41) is 5.44. The third-order valence-corrected chi connectivity index (χ3v) is 4.84. The number of rotatable bonds is 4. The van der Waals surface area contributed by atoms with Crippen LogP contribution in [0.1, 0.15) is 5.82 Å². The number of aromatic nitrogens is 5. The number of anilines is 1. The van der Waals surface area contributed by atoms with Crippen LogP contribution in [0.3, 0.4) is 0 Å². The smallest absolute Gasteiger partial charge is 0.214 e. The van der Waals surface area contributed by atoms with Crippen molar-refractivity contribution in [3.8, 4) is 11.3 Å². The van der Waals surface area contributed by atoms with Crippen molar-refractivity contribution in [2.45, 2.75) is 6.54 Å². The molecule has 0 aliphatic heterocycles. The van der Waals surface area contributed by atoms with Crippen LogP contribution in [0, 0.1) is 5.82 Å². The van der Waals surface area contributed by atoms with Gasteiger partial charge in [-0.1, -0.05) is 11.3 Å². The van der Waals surface area contributed by atoms with Crippen molar-refractivity contribution in [3.63, 3.8) is 0 Å². The Morgan fingerprint density at radius 2 is 2.04 bits per heavy atom. The molecule has 3 aromatic heterocycles. The molecular weight excluding hydrogens is 327 g/mol. The van der Waals surface area contributed by atoms with E-state index in [1.165, 1.54) is 23.5 Å². The fourth-order valence-corrected chi connectivity index (χ4v) is 3.28. The molecule has 1 aromatic carbocycles. The largest absolute Gasteiger partial charge is 0.342 e. The molecule has 0 saturated carbocycles. The van der Waals surface area contributed by atoms with Gasteiger partial charge in [0.15, 0.2) is 0 Å². The summed E-state index contributed by atoms with van der Waals surface area (Å²) >= 11 is 1.51. The van der Waals surface area contributed by atoms with Crippen molar-refractivity contribution in [1.82, 2.24) is 24.1 Å². The van der Waals surface area contributed by atoms with Crippen LogP contribution < -0.4 is 4.90 Å². The maximum atomic E-state index is 13.0. The van der Waals surface area contributed by atoms with Crippen LogP contribution in [-0.2, 0) is 13.6 Å². The van der Waals surface area contributed by atoms with E-state index in [9.17, 15) is 4.39 Å². The highest BCUT2D eigenvalue weighted by molar-refractivity contribution is 7.20. The van der Waals surface area contributed by atoms with Gasteiger partial charge in [-0.25, -0.2) is 18.9 Å². The summed E-state index contributed by atoms with van der Waals surface area (Å²) in [7, 11) is 3.95. The van der Waals surface area contributed by atoms with E-state index in [0.717, 1.165) is 27.2 Å². The third kappa shape index (κ3) is 2.65. The fraction of sp³-hybridized carbons (Fsp3) is 0.188. The van der Waals surface area contributed by atoms with Crippen LogP contribution in [0.25, 0.3) is 16.2 Å². The second-order valence-electron chi connectivity index (χ2n) is 5.56. The van der Waals surface area contributed by atoms with Crippen LogP contribution in [0.15, 0.2) is 42.9 Å². The molecule has 0 N–H and O–H groups in total. The zero-order valence-corrected chi connectivity index (χ0v) is 14.0. The first kappa shape index (κ1) is 14.8. The fourth-order valence-electron chi connectivity index (χ4n) is 2.43. The van der Waals surface area contributed by atoms with Gasteiger partial charge in [0, 0.05) is 32.1 Å². The number of halogens is 1. The number of hydrogen-bond acceptors (Lipinski definition) is 5. The summed E-state index contributed by atoms with van der Waals surface area (Å²) in [6.45, 7) is 0.672. The maximum Gasteiger partial charge on any atom is 0.214 e. The van der Waals surface area contributed by atoms with E-state index in [1.807, 2.05) is 36.0 Å². The van der Waals surface area contributed by atoms with Crippen LogP contribution in [-0.4, -0.2) is 31.2 Å². The number of hydrogen-bond donors (Lipinski definition) is 0. The molecule has 0 aliphatic rings. The summed E-state index contributed by atoms with van der Waals surface area (Å²) in [5.41, 5.74) is 1.66. The number of fused-ring (bicyclic) bond motifs is 1.